The predicted octanol–water partition coefficient (Wildman–Crippen LogP) is -0.435. The van der Waals surface area contributed by atoms with Crippen molar-refractivity contribution in [3.63, 3.8) is 0 Å². The molecule has 0 amide bonds. The molecule has 0 radical (unpaired) electrons. The van der Waals surface area contributed by atoms with E-state index < -0.39 is 0 Å². The van der Waals surface area contributed by atoms with Crippen molar-refractivity contribution in [1.29, 1.82) is 0 Å². The zero-order valence-electron chi connectivity index (χ0n) is 7.37. The van der Waals surface area contributed by atoms with Gasteiger partial charge >= 0.3 is 5.69 Å². The van der Waals surface area contributed by atoms with Crippen molar-refractivity contribution < 1.29 is 0 Å². The Labute approximate surface area is 73.2 Å². The molecule has 0 aromatic carbocycles. The number of fused-ring (bicyclic) bond motifs is 1. The maximum atomic E-state index is 11.3. The fraction of sp³-hybridized carbons (Fsp3) is 0.250. The molecular weight excluding hydrogens is 170 g/mol. The summed E-state index contributed by atoms with van der Waals surface area (Å²) in [4.78, 5) is 24.7. The van der Waals surface area contributed by atoms with Crippen LogP contribution in [0.3, 0.4) is 0 Å². The van der Waals surface area contributed by atoms with Crippen LogP contribution in [-0.4, -0.2) is 14.1 Å². The second-order valence-electron chi connectivity index (χ2n) is 2.98. The Morgan fingerprint density at radius 1 is 1.31 bits per heavy atom. The molecule has 0 spiro atoms. The van der Waals surface area contributed by atoms with Crippen LogP contribution >= 0.6 is 0 Å². The average Bonchev–Trinajstić information content (AvgIpc) is 2.44. The van der Waals surface area contributed by atoms with Crippen LogP contribution in [0.25, 0.3) is 11.0 Å². The fourth-order valence-corrected chi connectivity index (χ4v) is 1.46. The minimum absolute atomic E-state index is 0.335. The number of aryl methyl sites for hydroxylation is 2. The Morgan fingerprint density at radius 3 is 2.69 bits per heavy atom. The molecule has 0 saturated carbocycles. The molecule has 2 heterocycles. The molecule has 2 aromatic heterocycles. The molecule has 0 aliphatic heterocycles. The van der Waals surface area contributed by atoms with Gasteiger partial charge in [0.25, 0.3) is 5.56 Å². The fourth-order valence-electron chi connectivity index (χ4n) is 1.46. The SMILES string of the molecule is Cn1ccc2c(=O)[nH]c(=O)n(C)c21. The van der Waals surface area contributed by atoms with E-state index in [1.807, 2.05) is 0 Å². The van der Waals surface area contributed by atoms with E-state index in [0.717, 1.165) is 0 Å². The van der Waals surface area contributed by atoms with Crippen LogP contribution in [0, 0.1) is 0 Å². The van der Waals surface area contributed by atoms with Gasteiger partial charge in [0.2, 0.25) is 0 Å². The van der Waals surface area contributed by atoms with E-state index in [1.165, 1.54) is 4.57 Å². The van der Waals surface area contributed by atoms with Crippen molar-refractivity contribution in [2.45, 2.75) is 0 Å². The molecule has 0 fully saturated rings. The van der Waals surface area contributed by atoms with E-state index in [9.17, 15) is 9.59 Å². The lowest BCUT2D eigenvalue weighted by atomic mass is 10.4. The van der Waals surface area contributed by atoms with Crippen LogP contribution in [-0.2, 0) is 14.1 Å². The van der Waals surface area contributed by atoms with Crippen molar-refractivity contribution in [2.75, 3.05) is 0 Å². The number of nitrogens with one attached hydrogen (secondary N) is 1. The lowest BCUT2D eigenvalue weighted by Gasteiger charge is -2.01. The first-order valence-corrected chi connectivity index (χ1v) is 3.85. The van der Waals surface area contributed by atoms with Crippen molar-refractivity contribution in [2.24, 2.45) is 14.1 Å². The van der Waals surface area contributed by atoms with Gasteiger partial charge in [0, 0.05) is 20.3 Å². The molecule has 0 atom stereocenters. The summed E-state index contributed by atoms with van der Waals surface area (Å²) in [6.07, 6.45) is 1.75. The van der Waals surface area contributed by atoms with Crippen LogP contribution < -0.4 is 11.2 Å². The van der Waals surface area contributed by atoms with E-state index in [1.54, 1.807) is 30.9 Å². The van der Waals surface area contributed by atoms with Gasteiger partial charge in [-0.3, -0.25) is 14.3 Å². The van der Waals surface area contributed by atoms with E-state index >= 15 is 0 Å². The number of hydrogen-bond donors (Lipinski definition) is 1. The molecule has 0 bridgehead atoms. The molecule has 0 unspecified atom stereocenters. The maximum Gasteiger partial charge on any atom is 0.329 e. The summed E-state index contributed by atoms with van der Waals surface area (Å²) in [5.74, 6) is 0. The van der Waals surface area contributed by atoms with Gasteiger partial charge in [-0.05, 0) is 6.07 Å². The molecule has 5 heteroatoms. The highest BCUT2D eigenvalue weighted by Gasteiger charge is 2.06. The standard InChI is InChI=1S/C8H9N3O2/c1-10-4-3-5-6(12)9-8(13)11(2)7(5)10/h3-4H,1-2H3,(H,9,12,13). The van der Waals surface area contributed by atoms with E-state index in [-0.39, 0.29) is 11.2 Å². The number of nitrogens with zero attached hydrogens (tertiary/aromatic N) is 2. The summed E-state index contributed by atoms with van der Waals surface area (Å²) in [6, 6.07) is 1.69. The first-order chi connectivity index (χ1) is 6.11. The highest BCUT2D eigenvalue weighted by molar-refractivity contribution is 5.75. The van der Waals surface area contributed by atoms with Gasteiger partial charge in [-0.2, -0.15) is 0 Å². The van der Waals surface area contributed by atoms with Crippen LogP contribution in [0.2, 0.25) is 0 Å². The number of rotatable bonds is 0. The Hall–Kier alpha value is -1.78. The molecular formula is C8H9N3O2. The second-order valence-corrected chi connectivity index (χ2v) is 2.98. The van der Waals surface area contributed by atoms with E-state index in [0.29, 0.717) is 11.0 Å². The van der Waals surface area contributed by atoms with Crippen LogP contribution in [0.1, 0.15) is 0 Å². The lowest BCUT2D eigenvalue weighted by molar-refractivity contribution is 0.794. The molecule has 0 aliphatic carbocycles. The summed E-state index contributed by atoms with van der Waals surface area (Å²) in [5.41, 5.74) is -0.0910. The molecule has 68 valence electrons. The summed E-state index contributed by atoms with van der Waals surface area (Å²) in [7, 11) is 3.42. The van der Waals surface area contributed by atoms with Gasteiger partial charge in [0.15, 0.2) is 0 Å². The smallest absolute Gasteiger partial charge is 0.329 e. The molecule has 2 aromatic rings. The highest BCUT2D eigenvalue weighted by atomic mass is 16.2. The summed E-state index contributed by atoms with van der Waals surface area (Å²) in [5, 5.41) is 0.532. The maximum absolute atomic E-state index is 11.3. The van der Waals surface area contributed by atoms with Crippen molar-refractivity contribution >= 4 is 11.0 Å². The molecule has 0 saturated heterocycles. The number of aromatic nitrogens is 3. The van der Waals surface area contributed by atoms with Gasteiger partial charge in [0.1, 0.15) is 5.65 Å². The Kier molecular flexibility index (Phi) is 1.42. The van der Waals surface area contributed by atoms with Gasteiger partial charge in [0.05, 0.1) is 5.39 Å². The van der Waals surface area contributed by atoms with Gasteiger partial charge in [-0.25, -0.2) is 4.79 Å². The Balaban J connectivity index is 3.19. The molecule has 13 heavy (non-hydrogen) atoms. The van der Waals surface area contributed by atoms with Gasteiger partial charge < -0.3 is 4.57 Å². The molecule has 0 aliphatic rings. The minimum atomic E-state index is -0.390. The largest absolute Gasteiger partial charge is 0.337 e. The predicted molar refractivity (Wildman–Crippen MR) is 48.8 cm³/mol. The van der Waals surface area contributed by atoms with Crippen LogP contribution in [0.5, 0.6) is 0 Å². The summed E-state index contributed by atoms with van der Waals surface area (Å²) < 4.78 is 3.16. The van der Waals surface area contributed by atoms with Crippen LogP contribution in [0.4, 0.5) is 0 Å². The monoisotopic (exact) mass is 179 g/mol. The third kappa shape index (κ3) is 0.932. The second kappa shape index (κ2) is 2.35. The topological polar surface area (TPSA) is 59.8 Å². The lowest BCUT2D eigenvalue weighted by Crippen LogP contribution is -2.28. The van der Waals surface area contributed by atoms with Crippen LogP contribution in [0.15, 0.2) is 21.9 Å². The summed E-state index contributed by atoms with van der Waals surface area (Å²) >= 11 is 0. The number of hydrogen-bond acceptors (Lipinski definition) is 2. The van der Waals surface area contributed by atoms with Gasteiger partial charge in [-0.15, -0.1) is 0 Å². The highest BCUT2D eigenvalue weighted by Crippen LogP contribution is 2.05. The van der Waals surface area contributed by atoms with Gasteiger partial charge in [-0.1, -0.05) is 0 Å². The van der Waals surface area contributed by atoms with Crippen molar-refractivity contribution in [1.82, 2.24) is 14.1 Å². The Bertz CT molecular complexity index is 573. The average molecular weight is 179 g/mol. The van der Waals surface area contributed by atoms with Crippen molar-refractivity contribution in [3.8, 4) is 0 Å². The molecule has 5 nitrogen and oxygen atoms in total. The normalized spacial score (nSPS) is 10.9. The van der Waals surface area contributed by atoms with Crippen molar-refractivity contribution in [3.05, 3.63) is 33.1 Å². The molecule has 1 N–H and O–H groups in total. The summed E-state index contributed by atoms with van der Waals surface area (Å²) in [6.45, 7) is 0. The zero-order chi connectivity index (χ0) is 9.59. The third-order valence-corrected chi connectivity index (χ3v) is 2.13. The van der Waals surface area contributed by atoms with E-state index in [4.69, 9.17) is 0 Å². The first-order valence-electron chi connectivity index (χ1n) is 3.85. The minimum Gasteiger partial charge on any atom is -0.337 e. The Morgan fingerprint density at radius 2 is 2.00 bits per heavy atom. The third-order valence-electron chi connectivity index (χ3n) is 2.13. The van der Waals surface area contributed by atoms with E-state index in [2.05, 4.69) is 4.98 Å². The quantitative estimate of drug-likeness (QED) is 0.596. The molecule has 2 rings (SSSR count). The first kappa shape index (κ1) is 7.85. The number of H-pyrrole nitrogens is 1. The zero-order valence-corrected chi connectivity index (χ0v) is 7.37. The number of aromatic amines is 1.